The fraction of sp³-hybridized carbons (Fsp3) is 0.353. The Morgan fingerprint density at radius 2 is 1.90 bits per heavy atom. The van der Waals surface area contributed by atoms with Crippen LogP contribution in [0.1, 0.15) is 18.1 Å². The van der Waals surface area contributed by atoms with Gasteiger partial charge in [0.2, 0.25) is 0 Å². The first kappa shape index (κ1) is 15.4. The summed E-state index contributed by atoms with van der Waals surface area (Å²) in [6.07, 6.45) is 5.11. The molecule has 0 saturated carbocycles. The Hall–Kier alpha value is -1.94. The highest BCUT2D eigenvalue weighted by molar-refractivity contribution is 5.48. The molecule has 1 unspecified atom stereocenters. The van der Waals surface area contributed by atoms with Crippen LogP contribution in [0, 0.1) is 5.82 Å². The molecule has 1 atom stereocenters. The van der Waals surface area contributed by atoms with Crippen molar-refractivity contribution in [3.8, 4) is 0 Å². The van der Waals surface area contributed by atoms with Crippen LogP contribution in [0.5, 0.6) is 0 Å². The van der Waals surface area contributed by atoms with Gasteiger partial charge in [0, 0.05) is 32.0 Å². The zero-order chi connectivity index (χ0) is 15.2. The molecule has 1 heterocycles. The summed E-state index contributed by atoms with van der Waals surface area (Å²) in [6, 6.07) is 9.37. The van der Waals surface area contributed by atoms with E-state index in [0.29, 0.717) is 12.1 Å². The molecule has 0 spiro atoms. The lowest BCUT2D eigenvalue weighted by Gasteiger charge is -2.20. The van der Waals surface area contributed by atoms with Gasteiger partial charge in [-0.05, 0) is 55.2 Å². The number of hydrogen-bond acceptors (Lipinski definition) is 3. The minimum atomic E-state index is -0.189. The van der Waals surface area contributed by atoms with E-state index in [-0.39, 0.29) is 11.9 Å². The number of aromatic nitrogens is 1. The van der Waals surface area contributed by atoms with E-state index in [1.54, 1.807) is 18.5 Å². The van der Waals surface area contributed by atoms with Crippen molar-refractivity contribution in [1.82, 2.24) is 4.98 Å². The second kappa shape index (κ2) is 7.18. The number of nitrogens with zero attached hydrogens (tertiary/aromatic N) is 2. The minimum absolute atomic E-state index is 0.0414. The number of halogens is 1. The first-order chi connectivity index (χ1) is 10.1. The normalized spacial score (nSPS) is 12.2. The summed E-state index contributed by atoms with van der Waals surface area (Å²) in [5.74, 6) is -0.189. The molecule has 0 aliphatic heterocycles. The van der Waals surface area contributed by atoms with E-state index in [9.17, 15) is 4.39 Å². The smallest absolute Gasteiger partial charge is 0.146 e. The maximum absolute atomic E-state index is 14.2. The number of rotatable bonds is 6. The van der Waals surface area contributed by atoms with Gasteiger partial charge in [0.05, 0.1) is 5.69 Å². The predicted molar refractivity (Wildman–Crippen MR) is 85.0 cm³/mol. The molecule has 112 valence electrons. The quantitative estimate of drug-likeness (QED) is 0.888. The molecule has 3 nitrogen and oxygen atoms in total. The van der Waals surface area contributed by atoms with Gasteiger partial charge in [-0.3, -0.25) is 4.98 Å². The summed E-state index contributed by atoms with van der Waals surface area (Å²) in [7, 11) is 1.91. The fourth-order valence-corrected chi connectivity index (χ4v) is 2.33. The molecule has 0 amide bonds. The fourth-order valence-electron chi connectivity index (χ4n) is 2.33. The number of anilines is 1. The second-order valence-corrected chi connectivity index (χ2v) is 5.49. The molecule has 0 aliphatic rings. The van der Waals surface area contributed by atoms with Crippen molar-refractivity contribution >= 4 is 5.69 Å². The minimum Gasteiger partial charge on any atom is -0.372 e. The van der Waals surface area contributed by atoms with Crippen LogP contribution < -0.4 is 10.6 Å². The van der Waals surface area contributed by atoms with Crippen molar-refractivity contribution in [3.05, 3.63) is 59.7 Å². The van der Waals surface area contributed by atoms with Crippen LogP contribution in [-0.4, -0.2) is 24.6 Å². The standard InChI is InChI=1S/C17H22FN3/c1-13(19)11-15-3-4-17(16(18)12-15)21(2)10-7-14-5-8-20-9-6-14/h3-6,8-9,12-13H,7,10-11,19H2,1-2H3. The topological polar surface area (TPSA) is 42.1 Å². The van der Waals surface area contributed by atoms with Crippen LogP contribution >= 0.6 is 0 Å². The van der Waals surface area contributed by atoms with E-state index in [1.165, 1.54) is 5.56 Å². The van der Waals surface area contributed by atoms with Crippen molar-refractivity contribution < 1.29 is 4.39 Å². The number of nitrogens with two attached hydrogens (primary N) is 1. The highest BCUT2D eigenvalue weighted by atomic mass is 19.1. The Kier molecular flexibility index (Phi) is 5.28. The number of pyridine rings is 1. The third kappa shape index (κ3) is 4.53. The maximum Gasteiger partial charge on any atom is 0.146 e. The average Bonchev–Trinajstić information content (AvgIpc) is 2.45. The van der Waals surface area contributed by atoms with Crippen LogP contribution in [0.25, 0.3) is 0 Å². The largest absolute Gasteiger partial charge is 0.372 e. The molecule has 2 N–H and O–H groups in total. The summed E-state index contributed by atoms with van der Waals surface area (Å²) in [6.45, 7) is 2.68. The number of benzene rings is 1. The highest BCUT2D eigenvalue weighted by Gasteiger charge is 2.09. The molecule has 1 aromatic heterocycles. The second-order valence-electron chi connectivity index (χ2n) is 5.49. The van der Waals surface area contributed by atoms with Crippen molar-refractivity contribution in [1.29, 1.82) is 0 Å². The van der Waals surface area contributed by atoms with Gasteiger partial charge in [0.15, 0.2) is 0 Å². The third-order valence-corrected chi connectivity index (χ3v) is 3.47. The first-order valence-corrected chi connectivity index (χ1v) is 7.20. The molecule has 1 aromatic carbocycles. The molecule has 0 fully saturated rings. The van der Waals surface area contributed by atoms with Crippen LogP contribution in [0.4, 0.5) is 10.1 Å². The summed E-state index contributed by atoms with van der Waals surface area (Å²) in [5, 5.41) is 0. The molecule has 0 radical (unpaired) electrons. The zero-order valence-electron chi connectivity index (χ0n) is 12.6. The SMILES string of the molecule is CC(N)Cc1ccc(N(C)CCc2ccncc2)c(F)c1. The lowest BCUT2D eigenvalue weighted by Crippen LogP contribution is -2.22. The Bertz CT molecular complexity index is 570. The maximum atomic E-state index is 14.2. The van der Waals surface area contributed by atoms with Crippen LogP contribution in [0.2, 0.25) is 0 Å². The lowest BCUT2D eigenvalue weighted by atomic mass is 10.1. The molecule has 2 rings (SSSR count). The van der Waals surface area contributed by atoms with E-state index in [2.05, 4.69) is 4.98 Å². The molecular formula is C17H22FN3. The van der Waals surface area contributed by atoms with Gasteiger partial charge in [0.1, 0.15) is 5.82 Å². The van der Waals surface area contributed by atoms with Gasteiger partial charge in [0.25, 0.3) is 0 Å². The summed E-state index contributed by atoms with van der Waals surface area (Å²) in [4.78, 5) is 5.93. The summed E-state index contributed by atoms with van der Waals surface area (Å²) < 4.78 is 14.2. The molecule has 0 bridgehead atoms. The molecule has 0 aliphatic carbocycles. The third-order valence-electron chi connectivity index (χ3n) is 3.47. The molecule has 4 heteroatoms. The van der Waals surface area contributed by atoms with Crippen LogP contribution in [0.15, 0.2) is 42.7 Å². The monoisotopic (exact) mass is 287 g/mol. The van der Waals surface area contributed by atoms with E-state index in [1.807, 2.05) is 43.1 Å². The van der Waals surface area contributed by atoms with Gasteiger partial charge in [-0.2, -0.15) is 0 Å². The van der Waals surface area contributed by atoms with Gasteiger partial charge in [-0.25, -0.2) is 4.39 Å². The molecule has 0 saturated heterocycles. The highest BCUT2D eigenvalue weighted by Crippen LogP contribution is 2.20. The van der Waals surface area contributed by atoms with E-state index < -0.39 is 0 Å². The first-order valence-electron chi connectivity index (χ1n) is 7.20. The Morgan fingerprint density at radius 1 is 1.19 bits per heavy atom. The predicted octanol–water partition coefficient (Wildman–Crippen LogP) is 2.79. The van der Waals surface area contributed by atoms with Crippen molar-refractivity contribution in [2.24, 2.45) is 5.73 Å². The van der Waals surface area contributed by atoms with Crippen molar-refractivity contribution in [2.45, 2.75) is 25.8 Å². The number of hydrogen-bond donors (Lipinski definition) is 1. The molecule has 2 aromatic rings. The Balaban J connectivity index is 2.00. The van der Waals surface area contributed by atoms with Gasteiger partial charge < -0.3 is 10.6 Å². The van der Waals surface area contributed by atoms with E-state index >= 15 is 0 Å². The van der Waals surface area contributed by atoms with Crippen LogP contribution in [-0.2, 0) is 12.8 Å². The average molecular weight is 287 g/mol. The number of likely N-dealkylation sites (N-methyl/N-ethyl adjacent to an activating group) is 1. The van der Waals surface area contributed by atoms with Gasteiger partial charge in [-0.15, -0.1) is 0 Å². The van der Waals surface area contributed by atoms with E-state index in [0.717, 1.165) is 18.5 Å². The Morgan fingerprint density at radius 3 is 2.52 bits per heavy atom. The lowest BCUT2D eigenvalue weighted by molar-refractivity contribution is 0.617. The van der Waals surface area contributed by atoms with Crippen LogP contribution in [0.3, 0.4) is 0 Å². The van der Waals surface area contributed by atoms with Gasteiger partial charge in [-0.1, -0.05) is 6.07 Å². The Labute approximate surface area is 125 Å². The molecule has 21 heavy (non-hydrogen) atoms. The van der Waals surface area contributed by atoms with Gasteiger partial charge >= 0.3 is 0 Å². The summed E-state index contributed by atoms with van der Waals surface area (Å²) >= 11 is 0. The zero-order valence-corrected chi connectivity index (χ0v) is 12.6. The van der Waals surface area contributed by atoms with Crippen molar-refractivity contribution in [2.75, 3.05) is 18.5 Å². The molecular weight excluding hydrogens is 265 g/mol. The van der Waals surface area contributed by atoms with Crippen molar-refractivity contribution in [3.63, 3.8) is 0 Å². The summed E-state index contributed by atoms with van der Waals surface area (Å²) in [5.41, 5.74) is 8.51. The van der Waals surface area contributed by atoms with E-state index in [4.69, 9.17) is 5.73 Å².